The van der Waals surface area contributed by atoms with E-state index in [0.717, 1.165) is 5.56 Å². The van der Waals surface area contributed by atoms with Gasteiger partial charge >= 0.3 is 0 Å². The number of benzene rings is 1. The molecule has 0 heterocycles. The van der Waals surface area contributed by atoms with Gasteiger partial charge in [-0.15, -0.1) is 12.4 Å². The van der Waals surface area contributed by atoms with Crippen LogP contribution in [-0.2, 0) is 6.54 Å². The summed E-state index contributed by atoms with van der Waals surface area (Å²) in [5.74, 6) is 0.0349. The monoisotopic (exact) mass is 210 g/mol. The van der Waals surface area contributed by atoms with Crippen molar-refractivity contribution < 1.29 is 0 Å². The number of nitrogens with zero attached hydrogens (tertiary/aromatic N) is 2. The van der Waals surface area contributed by atoms with Gasteiger partial charge in [0.05, 0.1) is 18.2 Å². The van der Waals surface area contributed by atoms with Gasteiger partial charge in [-0.05, 0) is 11.6 Å². The first-order chi connectivity index (χ1) is 6.24. The molecule has 0 saturated heterocycles. The Hall–Kier alpha value is -1.73. The minimum atomic E-state index is 0. The molecule has 0 unspecified atom stereocenters. The first kappa shape index (κ1) is 12.3. The normalized spacial score (nSPS) is 8.21. The summed E-state index contributed by atoms with van der Waals surface area (Å²) in [6, 6.07) is 9.28. The third-order valence-electron chi connectivity index (χ3n) is 1.57. The van der Waals surface area contributed by atoms with Crippen molar-refractivity contribution in [2.75, 3.05) is 0 Å². The third kappa shape index (κ3) is 3.33. The van der Waals surface area contributed by atoms with E-state index in [0.29, 0.717) is 12.1 Å². The fourth-order valence-corrected chi connectivity index (χ4v) is 0.944. The van der Waals surface area contributed by atoms with Gasteiger partial charge in [-0.3, -0.25) is 0 Å². The van der Waals surface area contributed by atoms with Gasteiger partial charge in [-0.25, -0.2) is 4.99 Å². The Morgan fingerprint density at radius 1 is 1.36 bits per heavy atom. The predicted molar refractivity (Wildman–Crippen MR) is 57.9 cm³/mol. The van der Waals surface area contributed by atoms with Gasteiger partial charge in [-0.2, -0.15) is 5.26 Å². The molecule has 0 spiro atoms. The molecule has 14 heavy (non-hydrogen) atoms. The summed E-state index contributed by atoms with van der Waals surface area (Å²) >= 11 is 0. The van der Waals surface area contributed by atoms with Crippen LogP contribution in [0.5, 0.6) is 0 Å². The van der Waals surface area contributed by atoms with Crippen molar-refractivity contribution >= 4 is 18.4 Å². The Kier molecular flexibility index (Phi) is 5.12. The fraction of sp³-hybridized carbons (Fsp3) is 0.111. The first-order valence-corrected chi connectivity index (χ1v) is 3.77. The van der Waals surface area contributed by atoms with Crippen molar-refractivity contribution in [3.8, 4) is 6.07 Å². The van der Waals surface area contributed by atoms with E-state index >= 15 is 0 Å². The number of rotatable bonds is 2. The first-order valence-electron chi connectivity index (χ1n) is 3.77. The van der Waals surface area contributed by atoms with Crippen LogP contribution in [0.15, 0.2) is 29.3 Å². The maximum absolute atomic E-state index is 8.72. The largest absolute Gasteiger partial charge is 0.370 e. The molecule has 0 saturated carbocycles. The number of aliphatic imine (C=N–C) groups is 1. The molecule has 0 amide bonds. The predicted octanol–water partition coefficient (Wildman–Crippen LogP) is 0.753. The van der Waals surface area contributed by atoms with Crippen LogP contribution in [0, 0.1) is 11.3 Å². The molecule has 74 valence electrons. The van der Waals surface area contributed by atoms with Crippen molar-refractivity contribution in [3.63, 3.8) is 0 Å². The Labute approximate surface area is 88.6 Å². The maximum Gasteiger partial charge on any atom is 0.186 e. The second-order valence-corrected chi connectivity index (χ2v) is 2.51. The molecule has 0 bridgehead atoms. The molecule has 1 rings (SSSR count). The van der Waals surface area contributed by atoms with Crippen molar-refractivity contribution in [2.24, 2.45) is 16.5 Å². The molecular weight excluding hydrogens is 200 g/mol. The van der Waals surface area contributed by atoms with Crippen LogP contribution in [0.4, 0.5) is 0 Å². The highest BCUT2D eigenvalue weighted by atomic mass is 35.5. The number of guanidine groups is 1. The topological polar surface area (TPSA) is 88.2 Å². The highest BCUT2D eigenvalue weighted by molar-refractivity contribution is 5.85. The third-order valence-corrected chi connectivity index (χ3v) is 1.57. The van der Waals surface area contributed by atoms with Gasteiger partial charge in [0.1, 0.15) is 0 Å². The van der Waals surface area contributed by atoms with Crippen LogP contribution in [0.1, 0.15) is 11.1 Å². The van der Waals surface area contributed by atoms with E-state index in [9.17, 15) is 0 Å². The molecule has 4 N–H and O–H groups in total. The molecule has 0 aromatic heterocycles. The average molecular weight is 211 g/mol. The standard InChI is InChI=1S/C9H10N4.ClH/c10-5-7-3-1-2-4-8(7)6-13-9(11)12;/h1-4H,6H2,(H4,11,12,13);1H. The van der Waals surface area contributed by atoms with E-state index in [1.165, 1.54) is 0 Å². The van der Waals surface area contributed by atoms with Crippen LogP contribution in [0.2, 0.25) is 0 Å². The van der Waals surface area contributed by atoms with E-state index in [-0.39, 0.29) is 18.4 Å². The molecular formula is C9H11ClN4. The molecule has 0 atom stereocenters. The van der Waals surface area contributed by atoms with E-state index in [4.69, 9.17) is 16.7 Å². The summed E-state index contributed by atoms with van der Waals surface area (Å²) in [5, 5.41) is 8.72. The molecule has 0 aliphatic heterocycles. The Morgan fingerprint density at radius 3 is 2.57 bits per heavy atom. The zero-order chi connectivity index (χ0) is 9.68. The summed E-state index contributed by atoms with van der Waals surface area (Å²) in [5.41, 5.74) is 11.8. The van der Waals surface area contributed by atoms with Gasteiger partial charge in [0, 0.05) is 0 Å². The van der Waals surface area contributed by atoms with Crippen molar-refractivity contribution in [2.45, 2.75) is 6.54 Å². The Balaban J connectivity index is 0.00000169. The SMILES string of the molecule is Cl.N#Cc1ccccc1CN=C(N)N. The minimum Gasteiger partial charge on any atom is -0.370 e. The van der Waals surface area contributed by atoms with Crippen LogP contribution >= 0.6 is 12.4 Å². The average Bonchev–Trinajstić information content (AvgIpc) is 2.15. The number of nitrogens with two attached hydrogens (primary N) is 2. The van der Waals surface area contributed by atoms with E-state index < -0.39 is 0 Å². The smallest absolute Gasteiger partial charge is 0.186 e. The molecule has 0 aliphatic carbocycles. The summed E-state index contributed by atoms with van der Waals surface area (Å²) in [6.45, 7) is 0.353. The number of hydrogen-bond acceptors (Lipinski definition) is 2. The lowest BCUT2D eigenvalue weighted by Gasteiger charge is -1.98. The van der Waals surface area contributed by atoms with Crippen LogP contribution < -0.4 is 11.5 Å². The lowest BCUT2D eigenvalue weighted by molar-refractivity contribution is 1.05. The second kappa shape index (κ2) is 5.84. The Morgan fingerprint density at radius 2 is 2.00 bits per heavy atom. The summed E-state index contributed by atoms with van der Waals surface area (Å²) < 4.78 is 0. The summed E-state index contributed by atoms with van der Waals surface area (Å²) in [6.07, 6.45) is 0. The summed E-state index contributed by atoms with van der Waals surface area (Å²) in [4.78, 5) is 3.82. The van der Waals surface area contributed by atoms with Crippen LogP contribution in [0.25, 0.3) is 0 Å². The summed E-state index contributed by atoms with van der Waals surface area (Å²) in [7, 11) is 0. The highest BCUT2D eigenvalue weighted by Crippen LogP contribution is 2.07. The van der Waals surface area contributed by atoms with E-state index in [1.807, 2.05) is 12.1 Å². The van der Waals surface area contributed by atoms with E-state index in [2.05, 4.69) is 11.1 Å². The molecule has 1 aromatic rings. The molecule has 0 fully saturated rings. The number of nitriles is 1. The zero-order valence-electron chi connectivity index (χ0n) is 7.47. The molecule has 0 aliphatic rings. The van der Waals surface area contributed by atoms with Crippen molar-refractivity contribution in [1.82, 2.24) is 0 Å². The quantitative estimate of drug-likeness (QED) is 0.558. The highest BCUT2D eigenvalue weighted by Gasteiger charge is 1.98. The lowest BCUT2D eigenvalue weighted by Crippen LogP contribution is -2.22. The van der Waals surface area contributed by atoms with Gasteiger partial charge in [-0.1, -0.05) is 18.2 Å². The second-order valence-electron chi connectivity index (χ2n) is 2.51. The molecule has 1 aromatic carbocycles. The number of halogens is 1. The molecule has 5 heteroatoms. The molecule has 0 radical (unpaired) electrons. The van der Waals surface area contributed by atoms with Gasteiger partial charge < -0.3 is 11.5 Å². The van der Waals surface area contributed by atoms with Crippen LogP contribution in [0.3, 0.4) is 0 Å². The van der Waals surface area contributed by atoms with Gasteiger partial charge in [0.2, 0.25) is 0 Å². The number of hydrogen-bond donors (Lipinski definition) is 2. The lowest BCUT2D eigenvalue weighted by atomic mass is 10.1. The van der Waals surface area contributed by atoms with Gasteiger partial charge in [0.15, 0.2) is 5.96 Å². The maximum atomic E-state index is 8.72. The van der Waals surface area contributed by atoms with Crippen molar-refractivity contribution in [3.05, 3.63) is 35.4 Å². The molecule has 4 nitrogen and oxygen atoms in total. The Bertz CT molecular complexity index is 363. The fourth-order valence-electron chi connectivity index (χ4n) is 0.944. The zero-order valence-corrected chi connectivity index (χ0v) is 8.29. The minimum absolute atomic E-state index is 0. The van der Waals surface area contributed by atoms with Gasteiger partial charge in [0.25, 0.3) is 0 Å². The van der Waals surface area contributed by atoms with Crippen LogP contribution in [-0.4, -0.2) is 5.96 Å². The van der Waals surface area contributed by atoms with E-state index in [1.54, 1.807) is 12.1 Å². The van der Waals surface area contributed by atoms with Crippen molar-refractivity contribution in [1.29, 1.82) is 5.26 Å².